The van der Waals surface area contributed by atoms with E-state index in [2.05, 4.69) is 26.0 Å². The number of halogens is 1. The lowest BCUT2D eigenvalue weighted by molar-refractivity contribution is -0.385. The Bertz CT molecular complexity index is 614. The van der Waals surface area contributed by atoms with Gasteiger partial charge in [-0.25, -0.2) is 13.1 Å². The van der Waals surface area contributed by atoms with Gasteiger partial charge in [0.2, 0.25) is 10.0 Å². The number of sulfonamides is 1. The van der Waals surface area contributed by atoms with Gasteiger partial charge in [-0.05, 0) is 47.4 Å². The van der Waals surface area contributed by atoms with Gasteiger partial charge in [-0.15, -0.1) is 0 Å². The van der Waals surface area contributed by atoms with Gasteiger partial charge in [0.1, 0.15) is 0 Å². The standard InChI is InChI=1S/C11H14BrN3O4S/c12-10-6-9(3-4-11(10)15(16)17)20(18,19)14-7-8-2-1-5-13-8/h3-4,6,8,13-14H,1-2,5,7H2. The Morgan fingerprint density at radius 3 is 2.80 bits per heavy atom. The van der Waals surface area contributed by atoms with Crippen LogP contribution in [0.25, 0.3) is 0 Å². The van der Waals surface area contributed by atoms with Crippen LogP contribution in [0, 0.1) is 10.1 Å². The quantitative estimate of drug-likeness (QED) is 0.607. The molecule has 110 valence electrons. The average molecular weight is 364 g/mol. The van der Waals surface area contributed by atoms with Gasteiger partial charge >= 0.3 is 0 Å². The van der Waals surface area contributed by atoms with Crippen molar-refractivity contribution in [2.75, 3.05) is 13.1 Å². The van der Waals surface area contributed by atoms with Crippen LogP contribution in [-0.2, 0) is 10.0 Å². The van der Waals surface area contributed by atoms with Gasteiger partial charge in [-0.1, -0.05) is 0 Å². The first kappa shape index (κ1) is 15.4. The van der Waals surface area contributed by atoms with E-state index < -0.39 is 14.9 Å². The number of hydrogen-bond acceptors (Lipinski definition) is 5. The first-order chi connectivity index (χ1) is 9.40. The van der Waals surface area contributed by atoms with Crippen LogP contribution in [0.2, 0.25) is 0 Å². The van der Waals surface area contributed by atoms with Crippen LogP contribution in [-0.4, -0.2) is 32.5 Å². The van der Waals surface area contributed by atoms with E-state index in [9.17, 15) is 18.5 Å². The molecule has 1 atom stereocenters. The summed E-state index contributed by atoms with van der Waals surface area (Å²) in [5, 5.41) is 13.9. The molecule has 0 amide bonds. The number of rotatable bonds is 5. The zero-order chi connectivity index (χ0) is 14.8. The molecule has 2 N–H and O–H groups in total. The fourth-order valence-corrected chi connectivity index (χ4v) is 3.81. The molecule has 1 saturated heterocycles. The van der Waals surface area contributed by atoms with Crippen LogP contribution in [0.4, 0.5) is 5.69 Å². The minimum absolute atomic E-state index is 0.00738. The summed E-state index contributed by atoms with van der Waals surface area (Å²) in [4.78, 5) is 10.1. The third-order valence-electron chi connectivity index (χ3n) is 3.11. The highest BCUT2D eigenvalue weighted by Gasteiger charge is 2.21. The molecule has 0 aromatic heterocycles. The van der Waals surface area contributed by atoms with Crippen molar-refractivity contribution in [3.63, 3.8) is 0 Å². The van der Waals surface area contributed by atoms with Gasteiger partial charge in [0.25, 0.3) is 5.69 Å². The number of nitro groups is 1. The van der Waals surface area contributed by atoms with E-state index in [1.165, 1.54) is 18.2 Å². The highest BCUT2D eigenvalue weighted by atomic mass is 79.9. The molecule has 9 heteroatoms. The summed E-state index contributed by atoms with van der Waals surface area (Å²) in [7, 11) is -3.66. The molecule has 1 unspecified atom stereocenters. The predicted molar refractivity (Wildman–Crippen MR) is 77.0 cm³/mol. The SMILES string of the molecule is O=[N+]([O-])c1ccc(S(=O)(=O)NCC2CCCN2)cc1Br. The van der Waals surface area contributed by atoms with Crippen molar-refractivity contribution in [2.24, 2.45) is 0 Å². The lowest BCUT2D eigenvalue weighted by Crippen LogP contribution is -2.37. The molecule has 0 radical (unpaired) electrons. The lowest BCUT2D eigenvalue weighted by Gasteiger charge is -2.12. The predicted octanol–water partition coefficient (Wildman–Crippen LogP) is 1.39. The average Bonchev–Trinajstić information content (AvgIpc) is 2.89. The minimum Gasteiger partial charge on any atom is -0.313 e. The molecule has 7 nitrogen and oxygen atoms in total. The smallest absolute Gasteiger partial charge is 0.283 e. The summed E-state index contributed by atoms with van der Waals surface area (Å²) in [6.45, 7) is 1.21. The molecule has 1 aromatic rings. The third kappa shape index (κ3) is 3.54. The van der Waals surface area contributed by atoms with Gasteiger partial charge in [0.15, 0.2) is 0 Å². The van der Waals surface area contributed by atoms with E-state index in [1.54, 1.807) is 0 Å². The zero-order valence-electron chi connectivity index (χ0n) is 10.5. The van der Waals surface area contributed by atoms with E-state index in [4.69, 9.17) is 0 Å². The fraction of sp³-hybridized carbons (Fsp3) is 0.455. The molecule has 1 fully saturated rings. The fourth-order valence-electron chi connectivity index (χ4n) is 2.03. The van der Waals surface area contributed by atoms with Crippen molar-refractivity contribution in [1.29, 1.82) is 0 Å². The van der Waals surface area contributed by atoms with Crippen LogP contribution in [0.15, 0.2) is 27.6 Å². The summed E-state index contributed by atoms with van der Waals surface area (Å²) >= 11 is 3.01. The van der Waals surface area contributed by atoms with Crippen LogP contribution in [0.5, 0.6) is 0 Å². The normalized spacial score (nSPS) is 19.1. The third-order valence-corrected chi connectivity index (χ3v) is 5.16. The molecular formula is C11H14BrN3O4S. The molecule has 0 spiro atoms. The van der Waals surface area contributed by atoms with Crippen molar-refractivity contribution >= 4 is 31.6 Å². The van der Waals surface area contributed by atoms with Crippen LogP contribution in [0.3, 0.4) is 0 Å². The Kier molecular flexibility index (Phi) is 4.74. The highest BCUT2D eigenvalue weighted by molar-refractivity contribution is 9.10. The summed E-state index contributed by atoms with van der Waals surface area (Å²) in [5.74, 6) is 0. The summed E-state index contributed by atoms with van der Waals surface area (Å²) in [6.07, 6.45) is 1.97. The number of hydrogen-bond donors (Lipinski definition) is 2. The number of nitro benzene ring substituents is 1. The molecule has 0 aliphatic carbocycles. The van der Waals surface area contributed by atoms with E-state index in [0.29, 0.717) is 6.54 Å². The molecule has 1 heterocycles. The second-order valence-corrected chi connectivity index (χ2v) is 7.14. The molecule has 1 aliphatic rings. The van der Waals surface area contributed by atoms with Crippen molar-refractivity contribution in [3.05, 3.63) is 32.8 Å². The Labute approximate surface area is 125 Å². The minimum atomic E-state index is -3.66. The number of nitrogens with one attached hydrogen (secondary N) is 2. The lowest BCUT2D eigenvalue weighted by atomic mass is 10.2. The highest BCUT2D eigenvalue weighted by Crippen LogP contribution is 2.27. The van der Waals surface area contributed by atoms with Crippen LogP contribution < -0.4 is 10.0 Å². The second-order valence-electron chi connectivity index (χ2n) is 4.52. The van der Waals surface area contributed by atoms with Crippen molar-refractivity contribution in [3.8, 4) is 0 Å². The Hall–Kier alpha value is -1.03. The van der Waals surface area contributed by atoms with Gasteiger partial charge in [0.05, 0.1) is 14.3 Å². The summed E-state index contributed by atoms with van der Waals surface area (Å²) in [6, 6.07) is 3.79. The van der Waals surface area contributed by atoms with Crippen LogP contribution >= 0.6 is 15.9 Å². The molecule has 0 bridgehead atoms. The molecule has 0 saturated carbocycles. The van der Waals surface area contributed by atoms with Crippen LogP contribution in [0.1, 0.15) is 12.8 Å². The van der Waals surface area contributed by atoms with E-state index >= 15 is 0 Å². The van der Waals surface area contributed by atoms with E-state index in [-0.39, 0.29) is 21.1 Å². The largest absolute Gasteiger partial charge is 0.313 e. The van der Waals surface area contributed by atoms with E-state index in [1.807, 2.05) is 0 Å². The first-order valence-corrected chi connectivity index (χ1v) is 8.35. The Morgan fingerprint density at radius 2 is 2.25 bits per heavy atom. The molecule has 2 rings (SSSR count). The van der Waals surface area contributed by atoms with E-state index in [0.717, 1.165) is 19.4 Å². The zero-order valence-corrected chi connectivity index (χ0v) is 12.9. The van der Waals surface area contributed by atoms with Crippen molar-refractivity contribution in [2.45, 2.75) is 23.8 Å². The monoisotopic (exact) mass is 363 g/mol. The van der Waals surface area contributed by atoms with Gasteiger partial charge < -0.3 is 5.32 Å². The molecule has 1 aliphatic heterocycles. The first-order valence-electron chi connectivity index (χ1n) is 6.07. The number of benzene rings is 1. The maximum Gasteiger partial charge on any atom is 0.283 e. The second kappa shape index (κ2) is 6.17. The number of nitrogens with zero attached hydrogens (tertiary/aromatic N) is 1. The van der Waals surface area contributed by atoms with Crippen molar-refractivity contribution in [1.82, 2.24) is 10.0 Å². The Balaban J connectivity index is 2.12. The van der Waals surface area contributed by atoms with Crippen molar-refractivity contribution < 1.29 is 13.3 Å². The maximum atomic E-state index is 12.1. The molecular weight excluding hydrogens is 350 g/mol. The topological polar surface area (TPSA) is 101 Å². The summed E-state index contributed by atoms with van der Waals surface area (Å²) in [5.41, 5.74) is -0.165. The maximum absolute atomic E-state index is 12.1. The Morgan fingerprint density at radius 1 is 1.50 bits per heavy atom. The summed E-state index contributed by atoms with van der Waals surface area (Å²) < 4.78 is 26.8. The van der Waals surface area contributed by atoms with Gasteiger partial charge in [-0.2, -0.15) is 0 Å². The van der Waals surface area contributed by atoms with Gasteiger partial charge in [-0.3, -0.25) is 10.1 Å². The van der Waals surface area contributed by atoms with Gasteiger partial charge in [0, 0.05) is 18.7 Å². The molecule has 1 aromatic carbocycles. The molecule has 20 heavy (non-hydrogen) atoms.